The number of aryl methyl sites for hydroxylation is 1. The molecule has 0 spiro atoms. The maximum Gasteiger partial charge on any atom is 0.124 e. The molecule has 0 amide bonds. The number of hydrogen-bond acceptors (Lipinski definition) is 3. The first-order valence-corrected chi connectivity index (χ1v) is 7.53. The van der Waals surface area contributed by atoms with E-state index in [2.05, 4.69) is 30.2 Å². The summed E-state index contributed by atoms with van der Waals surface area (Å²) in [5, 5.41) is 4.18. The fourth-order valence-corrected chi connectivity index (χ4v) is 2.56. The van der Waals surface area contributed by atoms with Gasteiger partial charge in [-0.15, -0.1) is 0 Å². The van der Waals surface area contributed by atoms with Crippen LogP contribution in [0.4, 0.5) is 0 Å². The summed E-state index contributed by atoms with van der Waals surface area (Å²) in [7, 11) is 1.69. The van der Waals surface area contributed by atoms with Crippen LogP contribution >= 0.6 is 11.6 Å². The van der Waals surface area contributed by atoms with E-state index in [1.54, 1.807) is 13.3 Å². The van der Waals surface area contributed by atoms with E-state index in [1.807, 2.05) is 24.3 Å². The average molecular weight is 305 g/mol. The number of ether oxygens (including phenoxy) is 1. The largest absolute Gasteiger partial charge is 0.496 e. The number of nitrogens with zero attached hydrogens (tertiary/aromatic N) is 1. The van der Waals surface area contributed by atoms with Crippen LogP contribution in [-0.4, -0.2) is 18.6 Å². The second-order valence-electron chi connectivity index (χ2n) is 5.00. The number of benzene rings is 1. The monoisotopic (exact) mass is 304 g/mol. The van der Waals surface area contributed by atoms with Crippen molar-refractivity contribution in [2.45, 2.75) is 26.3 Å². The Morgan fingerprint density at radius 3 is 2.81 bits per heavy atom. The second-order valence-corrected chi connectivity index (χ2v) is 5.41. The standard InChI is InChI=1S/C17H21ClN2O/c1-4-9-19-16(17-14(18)6-5-10-20-17)13-11-12(2)7-8-15(13)21-3/h5-8,10-11,16,19H,4,9H2,1-3H3. The highest BCUT2D eigenvalue weighted by atomic mass is 35.5. The molecule has 0 aliphatic heterocycles. The molecule has 0 bridgehead atoms. The van der Waals surface area contributed by atoms with Gasteiger partial charge in [-0.05, 0) is 38.1 Å². The Bertz CT molecular complexity index is 601. The van der Waals surface area contributed by atoms with Gasteiger partial charge in [0.1, 0.15) is 5.75 Å². The molecule has 112 valence electrons. The van der Waals surface area contributed by atoms with E-state index in [-0.39, 0.29) is 6.04 Å². The summed E-state index contributed by atoms with van der Waals surface area (Å²) in [5.74, 6) is 0.843. The molecular weight excluding hydrogens is 284 g/mol. The van der Waals surface area contributed by atoms with Crippen molar-refractivity contribution >= 4 is 11.6 Å². The van der Waals surface area contributed by atoms with Crippen LogP contribution in [0.1, 0.15) is 36.2 Å². The number of pyridine rings is 1. The molecule has 2 aromatic rings. The summed E-state index contributed by atoms with van der Waals surface area (Å²) in [6, 6.07) is 9.79. The van der Waals surface area contributed by atoms with Crippen LogP contribution in [0.25, 0.3) is 0 Å². The topological polar surface area (TPSA) is 34.1 Å². The highest BCUT2D eigenvalue weighted by molar-refractivity contribution is 6.31. The van der Waals surface area contributed by atoms with Crippen molar-refractivity contribution in [3.63, 3.8) is 0 Å². The molecule has 0 saturated carbocycles. The second kappa shape index (κ2) is 7.43. The molecule has 0 fully saturated rings. The lowest BCUT2D eigenvalue weighted by Gasteiger charge is -2.22. The van der Waals surface area contributed by atoms with E-state index in [0.717, 1.165) is 30.0 Å². The molecule has 0 radical (unpaired) electrons. The fourth-order valence-electron chi connectivity index (χ4n) is 2.33. The molecule has 0 aliphatic rings. The third-order valence-corrected chi connectivity index (χ3v) is 3.67. The Balaban J connectivity index is 2.50. The maximum atomic E-state index is 6.34. The molecule has 1 aromatic heterocycles. The summed E-state index contributed by atoms with van der Waals surface area (Å²) >= 11 is 6.34. The average Bonchev–Trinajstić information content (AvgIpc) is 2.49. The molecule has 0 aliphatic carbocycles. The Morgan fingerprint density at radius 2 is 2.14 bits per heavy atom. The van der Waals surface area contributed by atoms with Crippen LogP contribution in [-0.2, 0) is 0 Å². The minimum Gasteiger partial charge on any atom is -0.496 e. The van der Waals surface area contributed by atoms with Crippen molar-refractivity contribution in [1.29, 1.82) is 0 Å². The quantitative estimate of drug-likeness (QED) is 0.871. The van der Waals surface area contributed by atoms with Crippen LogP contribution in [0.5, 0.6) is 5.75 Å². The third-order valence-electron chi connectivity index (χ3n) is 3.36. The number of aromatic nitrogens is 1. The van der Waals surface area contributed by atoms with Gasteiger partial charge in [-0.25, -0.2) is 0 Å². The van der Waals surface area contributed by atoms with Crippen LogP contribution in [0, 0.1) is 6.92 Å². The van der Waals surface area contributed by atoms with E-state index in [9.17, 15) is 0 Å². The van der Waals surface area contributed by atoms with E-state index in [1.165, 1.54) is 5.56 Å². The maximum absolute atomic E-state index is 6.34. The van der Waals surface area contributed by atoms with Crippen molar-refractivity contribution in [3.8, 4) is 5.75 Å². The minimum atomic E-state index is -0.0755. The van der Waals surface area contributed by atoms with Crippen LogP contribution < -0.4 is 10.1 Å². The zero-order valence-electron chi connectivity index (χ0n) is 12.7. The molecule has 2 rings (SSSR count). The number of methoxy groups -OCH3 is 1. The van der Waals surface area contributed by atoms with Gasteiger partial charge in [0.05, 0.1) is 23.9 Å². The molecule has 4 heteroatoms. The fraction of sp³-hybridized carbons (Fsp3) is 0.353. The number of rotatable bonds is 6. The first kappa shape index (κ1) is 15.8. The molecule has 1 unspecified atom stereocenters. The lowest BCUT2D eigenvalue weighted by atomic mass is 9.99. The molecule has 1 aromatic carbocycles. The first-order valence-electron chi connectivity index (χ1n) is 7.15. The summed E-state index contributed by atoms with van der Waals surface area (Å²) in [4.78, 5) is 4.46. The molecule has 1 heterocycles. The highest BCUT2D eigenvalue weighted by Crippen LogP contribution is 2.33. The molecule has 1 atom stereocenters. The van der Waals surface area contributed by atoms with Gasteiger partial charge in [0.2, 0.25) is 0 Å². The molecule has 0 saturated heterocycles. The van der Waals surface area contributed by atoms with E-state index < -0.39 is 0 Å². The van der Waals surface area contributed by atoms with Crippen molar-refractivity contribution in [1.82, 2.24) is 10.3 Å². The van der Waals surface area contributed by atoms with Gasteiger partial charge in [0.25, 0.3) is 0 Å². The van der Waals surface area contributed by atoms with Gasteiger partial charge in [0.15, 0.2) is 0 Å². The van der Waals surface area contributed by atoms with Gasteiger partial charge < -0.3 is 10.1 Å². The van der Waals surface area contributed by atoms with E-state index >= 15 is 0 Å². The van der Waals surface area contributed by atoms with Crippen molar-refractivity contribution < 1.29 is 4.74 Å². The third kappa shape index (κ3) is 3.74. The summed E-state index contributed by atoms with van der Waals surface area (Å²) in [5.41, 5.74) is 3.07. The number of nitrogens with one attached hydrogen (secondary N) is 1. The van der Waals surface area contributed by atoms with E-state index in [0.29, 0.717) is 5.02 Å². The van der Waals surface area contributed by atoms with Crippen molar-refractivity contribution in [2.75, 3.05) is 13.7 Å². The molecule has 3 nitrogen and oxygen atoms in total. The lowest BCUT2D eigenvalue weighted by Crippen LogP contribution is -2.25. The molecular formula is C17H21ClN2O. The van der Waals surface area contributed by atoms with Gasteiger partial charge in [-0.2, -0.15) is 0 Å². The zero-order chi connectivity index (χ0) is 15.2. The predicted molar refractivity (Wildman–Crippen MR) is 87.1 cm³/mol. The Hall–Kier alpha value is -1.58. The van der Waals surface area contributed by atoms with Crippen LogP contribution in [0.2, 0.25) is 5.02 Å². The predicted octanol–water partition coefficient (Wildman–Crippen LogP) is 4.14. The first-order chi connectivity index (χ1) is 10.2. The van der Waals surface area contributed by atoms with Crippen molar-refractivity contribution in [2.24, 2.45) is 0 Å². The lowest BCUT2D eigenvalue weighted by molar-refractivity contribution is 0.403. The molecule has 1 N–H and O–H groups in total. The van der Waals surface area contributed by atoms with Gasteiger partial charge >= 0.3 is 0 Å². The van der Waals surface area contributed by atoms with Gasteiger partial charge in [-0.1, -0.05) is 36.2 Å². The van der Waals surface area contributed by atoms with Crippen LogP contribution in [0.3, 0.4) is 0 Å². The SMILES string of the molecule is CCCNC(c1cc(C)ccc1OC)c1ncccc1Cl. The Kier molecular flexibility index (Phi) is 5.59. The Labute approximate surface area is 131 Å². The minimum absolute atomic E-state index is 0.0755. The summed E-state index contributed by atoms with van der Waals surface area (Å²) < 4.78 is 5.51. The van der Waals surface area contributed by atoms with Gasteiger partial charge in [0, 0.05) is 11.8 Å². The Morgan fingerprint density at radius 1 is 1.33 bits per heavy atom. The van der Waals surface area contributed by atoms with Gasteiger partial charge in [-0.3, -0.25) is 4.98 Å². The zero-order valence-corrected chi connectivity index (χ0v) is 13.4. The van der Waals surface area contributed by atoms with E-state index in [4.69, 9.17) is 16.3 Å². The summed E-state index contributed by atoms with van der Waals surface area (Å²) in [6.07, 6.45) is 2.80. The van der Waals surface area contributed by atoms with Crippen LogP contribution in [0.15, 0.2) is 36.5 Å². The smallest absolute Gasteiger partial charge is 0.124 e. The normalized spacial score (nSPS) is 12.2. The highest BCUT2D eigenvalue weighted by Gasteiger charge is 2.21. The number of halogens is 1. The summed E-state index contributed by atoms with van der Waals surface area (Å²) in [6.45, 7) is 5.09. The number of hydrogen-bond donors (Lipinski definition) is 1. The molecule has 21 heavy (non-hydrogen) atoms. The van der Waals surface area contributed by atoms with Crippen molar-refractivity contribution in [3.05, 3.63) is 58.4 Å².